The van der Waals surface area contributed by atoms with Crippen LogP contribution in [-0.4, -0.2) is 54.4 Å². The number of hydrogen-bond donors (Lipinski definition) is 4. The second-order valence-electron chi connectivity index (χ2n) is 10.4. The number of methoxy groups -OCH3 is 1. The summed E-state index contributed by atoms with van der Waals surface area (Å²) in [5.74, 6) is 0.164. The first-order chi connectivity index (χ1) is 22.2. The number of fused-ring (bicyclic) bond motifs is 1. The van der Waals surface area contributed by atoms with Crippen LogP contribution in [0.4, 0.5) is 4.79 Å². The highest BCUT2D eigenvalue weighted by molar-refractivity contribution is 6.35. The Balaban J connectivity index is 1.26. The molecule has 4 aromatic rings. The maximum Gasteiger partial charge on any atom is 0.337 e. The van der Waals surface area contributed by atoms with Gasteiger partial charge in [-0.15, -0.1) is 0 Å². The molecule has 46 heavy (non-hydrogen) atoms. The number of hydrazone groups is 1. The number of nitrogens with zero attached hydrogens (tertiary/aromatic N) is 2. The summed E-state index contributed by atoms with van der Waals surface area (Å²) in [7, 11) is 1.28. The van der Waals surface area contributed by atoms with E-state index in [1.165, 1.54) is 7.11 Å². The fraction of sp³-hybridized carbons (Fsp3) is 0.242. The first-order valence-corrected chi connectivity index (χ1v) is 15.2. The number of amides is 2. The lowest BCUT2D eigenvalue weighted by Gasteiger charge is -2.28. The van der Waals surface area contributed by atoms with Crippen LogP contribution in [0, 0.1) is 0 Å². The van der Waals surface area contributed by atoms with Crippen molar-refractivity contribution < 1.29 is 28.9 Å². The smallest absolute Gasteiger partial charge is 0.337 e. The highest BCUT2D eigenvalue weighted by Gasteiger charge is 2.32. The number of ether oxygens (including phenoxy) is 3. The number of halogens is 2. The fourth-order valence-electron chi connectivity index (χ4n) is 5.16. The van der Waals surface area contributed by atoms with Crippen LogP contribution in [0.2, 0.25) is 10.0 Å². The number of aliphatic hydroxyl groups is 1. The second-order valence-corrected chi connectivity index (χ2v) is 11.2. The third-order valence-corrected chi connectivity index (χ3v) is 7.86. The Kier molecular flexibility index (Phi) is 10.4. The summed E-state index contributed by atoms with van der Waals surface area (Å²) < 4.78 is 18.6. The van der Waals surface area contributed by atoms with Crippen molar-refractivity contribution in [3.63, 3.8) is 0 Å². The number of carbonyl (C=O) groups is 2. The number of aliphatic hydroxyl groups excluding tert-OH is 1. The van der Waals surface area contributed by atoms with Gasteiger partial charge in [0.25, 0.3) is 0 Å². The predicted molar refractivity (Wildman–Crippen MR) is 176 cm³/mol. The molecule has 11 nitrogen and oxygen atoms in total. The monoisotopic (exact) mass is 665 g/mol. The number of benzene rings is 3. The predicted octanol–water partition coefficient (Wildman–Crippen LogP) is 5.52. The van der Waals surface area contributed by atoms with Crippen LogP contribution < -0.4 is 25.5 Å². The topological polar surface area (TPSA) is 135 Å². The van der Waals surface area contributed by atoms with Gasteiger partial charge in [-0.05, 0) is 55.3 Å². The molecule has 0 fully saturated rings. The van der Waals surface area contributed by atoms with Crippen molar-refractivity contribution in [1.82, 2.24) is 20.6 Å². The Labute approximate surface area is 275 Å². The summed E-state index contributed by atoms with van der Waals surface area (Å²) in [6.07, 6.45) is 2.45. The van der Waals surface area contributed by atoms with Gasteiger partial charge < -0.3 is 34.5 Å². The molecule has 0 bridgehead atoms. The minimum atomic E-state index is -1.15. The van der Waals surface area contributed by atoms with Crippen LogP contribution >= 0.6 is 23.2 Å². The van der Waals surface area contributed by atoms with Crippen LogP contribution in [-0.2, 0) is 16.1 Å². The van der Waals surface area contributed by atoms with Gasteiger partial charge in [-0.2, -0.15) is 5.10 Å². The molecule has 0 spiro atoms. The summed E-state index contributed by atoms with van der Waals surface area (Å²) in [6.45, 7) is 4.17. The first kappa shape index (κ1) is 32.7. The van der Waals surface area contributed by atoms with Gasteiger partial charge in [0, 0.05) is 45.0 Å². The van der Waals surface area contributed by atoms with E-state index in [4.69, 9.17) is 37.4 Å². The van der Waals surface area contributed by atoms with Crippen molar-refractivity contribution in [1.29, 1.82) is 0 Å². The summed E-state index contributed by atoms with van der Waals surface area (Å²) in [6, 6.07) is 17.2. The highest BCUT2D eigenvalue weighted by atomic mass is 35.5. The average Bonchev–Trinajstić information content (AvgIpc) is 3.38. The lowest BCUT2D eigenvalue weighted by molar-refractivity contribution is -0.136. The summed E-state index contributed by atoms with van der Waals surface area (Å²) in [4.78, 5) is 24.7. The Morgan fingerprint density at radius 3 is 2.70 bits per heavy atom. The van der Waals surface area contributed by atoms with E-state index in [2.05, 4.69) is 25.7 Å². The fourth-order valence-corrected chi connectivity index (χ4v) is 5.63. The maximum absolute atomic E-state index is 12.5. The summed E-state index contributed by atoms with van der Waals surface area (Å²) in [5.41, 5.74) is 6.71. The molecular weight excluding hydrogens is 633 g/mol. The van der Waals surface area contributed by atoms with E-state index < -0.39 is 24.3 Å². The summed E-state index contributed by atoms with van der Waals surface area (Å²) >= 11 is 12.5. The van der Waals surface area contributed by atoms with Crippen molar-refractivity contribution in [3.05, 3.63) is 105 Å². The van der Waals surface area contributed by atoms with Crippen molar-refractivity contribution in [2.45, 2.75) is 32.7 Å². The minimum Gasteiger partial charge on any atom is -0.490 e. The Bertz CT molecular complexity index is 1820. The molecule has 240 valence electrons. The van der Waals surface area contributed by atoms with Crippen molar-refractivity contribution in [2.75, 3.05) is 20.3 Å². The van der Waals surface area contributed by atoms with E-state index in [9.17, 15) is 14.7 Å². The molecule has 0 saturated carbocycles. The van der Waals surface area contributed by atoms with Crippen molar-refractivity contribution in [3.8, 4) is 11.5 Å². The lowest BCUT2D eigenvalue weighted by atomic mass is 9.95. The normalized spacial score (nSPS) is 15.4. The van der Waals surface area contributed by atoms with Gasteiger partial charge in [-0.3, -0.25) is 5.43 Å². The zero-order valence-electron chi connectivity index (χ0n) is 25.3. The SMILES string of the molecule is CCOc1cc([C@H]2NC(=O)NC(C)=C2C(=O)OC)ccc1OC[C@H](O)N/N=C/c1cn(Cc2ccc(Cl)cc2Cl)c2ccccc12. The molecule has 0 radical (unpaired) electrons. The number of aromatic nitrogens is 1. The van der Waals surface area contributed by atoms with Gasteiger partial charge in [0.15, 0.2) is 17.7 Å². The molecule has 1 aromatic heterocycles. The molecule has 5 rings (SSSR count). The van der Waals surface area contributed by atoms with E-state index in [-0.39, 0.29) is 12.2 Å². The molecule has 0 unspecified atom stereocenters. The molecular formula is C33H33Cl2N5O6. The number of nitrogens with one attached hydrogen (secondary N) is 3. The number of para-hydroxylation sites is 1. The van der Waals surface area contributed by atoms with Crippen LogP contribution in [0.25, 0.3) is 10.9 Å². The van der Waals surface area contributed by atoms with E-state index in [0.717, 1.165) is 22.0 Å². The standard InChI is InChI=1S/C33H33Cl2N5O6/c1-4-45-28-13-20(31-30(32(42)44-3)19(2)37-33(43)38-31)10-12-27(28)46-18-29(41)39-36-15-22-17-40(26-8-6-5-7-24(22)26)16-21-9-11-23(34)14-25(21)35/h5-15,17,29,31,39,41H,4,16,18H2,1-3H3,(H2,37,38,43)/b36-15+/t29-,31+/m0/s1. The average molecular weight is 667 g/mol. The van der Waals surface area contributed by atoms with E-state index in [1.54, 1.807) is 37.4 Å². The zero-order valence-corrected chi connectivity index (χ0v) is 26.9. The van der Waals surface area contributed by atoms with Gasteiger partial charge >= 0.3 is 12.0 Å². The van der Waals surface area contributed by atoms with Gasteiger partial charge in [-0.25, -0.2) is 9.59 Å². The van der Waals surface area contributed by atoms with Gasteiger partial charge in [0.2, 0.25) is 0 Å². The molecule has 2 heterocycles. The van der Waals surface area contributed by atoms with Crippen LogP contribution in [0.5, 0.6) is 11.5 Å². The van der Waals surface area contributed by atoms with E-state index in [0.29, 0.717) is 46.0 Å². The zero-order chi connectivity index (χ0) is 32.8. The highest BCUT2D eigenvalue weighted by Crippen LogP contribution is 2.35. The Morgan fingerprint density at radius 2 is 1.93 bits per heavy atom. The molecule has 1 aliphatic heterocycles. The quantitative estimate of drug-likeness (QED) is 0.0678. The number of hydrogen-bond acceptors (Lipinski definition) is 8. The van der Waals surface area contributed by atoms with Gasteiger partial charge in [0.1, 0.15) is 6.61 Å². The van der Waals surface area contributed by atoms with Crippen LogP contribution in [0.3, 0.4) is 0 Å². The van der Waals surface area contributed by atoms with E-state index in [1.807, 2.05) is 49.5 Å². The molecule has 13 heteroatoms. The van der Waals surface area contributed by atoms with Crippen LogP contribution in [0.15, 0.2) is 83.2 Å². The Morgan fingerprint density at radius 1 is 1.13 bits per heavy atom. The largest absolute Gasteiger partial charge is 0.490 e. The van der Waals surface area contributed by atoms with Crippen LogP contribution in [0.1, 0.15) is 36.6 Å². The molecule has 1 aliphatic rings. The molecule has 4 N–H and O–H groups in total. The van der Waals surface area contributed by atoms with Gasteiger partial charge in [-0.1, -0.05) is 53.5 Å². The Hall–Kier alpha value is -4.71. The number of allylic oxidation sites excluding steroid dienone is 1. The van der Waals surface area contributed by atoms with E-state index >= 15 is 0 Å². The van der Waals surface area contributed by atoms with Crippen molar-refractivity contribution in [2.24, 2.45) is 5.10 Å². The number of rotatable bonds is 12. The lowest BCUT2D eigenvalue weighted by Crippen LogP contribution is -2.45. The maximum atomic E-state index is 12.5. The third kappa shape index (κ3) is 7.39. The molecule has 0 saturated heterocycles. The number of urea groups is 1. The van der Waals surface area contributed by atoms with Crippen molar-refractivity contribution >= 4 is 52.3 Å². The summed E-state index contributed by atoms with van der Waals surface area (Å²) in [5, 5.41) is 22.3. The second kappa shape index (κ2) is 14.6. The van der Waals surface area contributed by atoms with Gasteiger partial charge in [0.05, 0.1) is 31.5 Å². The molecule has 0 aliphatic carbocycles. The third-order valence-electron chi connectivity index (χ3n) is 7.27. The number of carbonyl (C=O) groups excluding carboxylic acids is 2. The molecule has 3 aromatic carbocycles. The first-order valence-electron chi connectivity index (χ1n) is 14.4. The number of esters is 1. The minimum absolute atomic E-state index is 0.149. The molecule has 2 amide bonds. The molecule has 2 atom stereocenters.